The monoisotopic (exact) mass is 399 g/mol. The Labute approximate surface area is 161 Å². The number of amides is 1. The van der Waals surface area contributed by atoms with Gasteiger partial charge >= 0.3 is 6.18 Å². The van der Waals surface area contributed by atoms with E-state index in [4.69, 9.17) is 11.6 Å². The normalized spacial score (nSPS) is 12.9. The number of anilines is 1. The Hall–Kier alpha value is -2.09. The predicted molar refractivity (Wildman–Crippen MR) is 101 cm³/mol. The minimum absolute atomic E-state index is 0.0518. The molecule has 1 amide bonds. The molecular weight excluding hydrogens is 379 g/mol. The van der Waals surface area contributed by atoms with E-state index in [9.17, 15) is 18.0 Å². The van der Waals surface area contributed by atoms with Gasteiger partial charge in [-0.15, -0.1) is 0 Å². The van der Waals surface area contributed by atoms with E-state index in [2.05, 4.69) is 10.6 Å². The van der Waals surface area contributed by atoms with Gasteiger partial charge in [0.2, 0.25) is 5.91 Å². The molecule has 0 heterocycles. The molecule has 2 aromatic carbocycles. The van der Waals surface area contributed by atoms with Crippen molar-refractivity contribution in [2.75, 3.05) is 32.5 Å². The third-order valence-electron chi connectivity index (χ3n) is 3.85. The first-order chi connectivity index (χ1) is 12.7. The molecule has 0 aliphatic carbocycles. The number of carbonyl (C=O) groups excluding carboxylic acids is 1. The molecule has 0 bridgehead atoms. The summed E-state index contributed by atoms with van der Waals surface area (Å²) < 4.78 is 39.8. The second kappa shape index (κ2) is 9.21. The van der Waals surface area contributed by atoms with E-state index in [1.165, 1.54) is 6.07 Å². The Morgan fingerprint density at radius 1 is 1.15 bits per heavy atom. The number of nitrogens with one attached hydrogen (secondary N) is 2. The molecule has 27 heavy (non-hydrogen) atoms. The molecule has 8 heteroatoms. The third kappa shape index (κ3) is 6.23. The lowest BCUT2D eigenvalue weighted by molar-refractivity contribution is -0.137. The van der Waals surface area contributed by atoms with E-state index in [-0.39, 0.29) is 10.7 Å². The largest absolute Gasteiger partial charge is 0.418 e. The van der Waals surface area contributed by atoms with Crippen molar-refractivity contribution in [2.45, 2.75) is 12.2 Å². The summed E-state index contributed by atoms with van der Waals surface area (Å²) in [5, 5.41) is 5.43. The molecule has 0 fully saturated rings. The third-order valence-corrected chi connectivity index (χ3v) is 4.08. The molecular formula is C19H21ClF3N3O. The van der Waals surface area contributed by atoms with Crippen LogP contribution in [0.5, 0.6) is 0 Å². The number of likely N-dealkylation sites (N-methyl/N-ethyl adjacent to an activating group) is 1. The maximum Gasteiger partial charge on any atom is 0.418 e. The first-order valence-electron chi connectivity index (χ1n) is 8.29. The number of halogens is 4. The van der Waals surface area contributed by atoms with Gasteiger partial charge in [0.05, 0.1) is 11.3 Å². The topological polar surface area (TPSA) is 44.4 Å². The quantitative estimate of drug-likeness (QED) is 0.733. The predicted octanol–water partition coefficient (Wildman–Crippen LogP) is 4.19. The fourth-order valence-corrected chi connectivity index (χ4v) is 2.68. The molecule has 2 rings (SSSR count). The van der Waals surface area contributed by atoms with Crippen LogP contribution in [0.4, 0.5) is 18.9 Å². The second-order valence-electron chi connectivity index (χ2n) is 6.28. The van der Waals surface area contributed by atoms with Gasteiger partial charge < -0.3 is 15.5 Å². The SMILES string of the molecule is CN(C)CCN[C@H](C(=O)Nc1ccc(Cl)cc1C(F)(F)F)c1ccccc1. The number of benzene rings is 2. The number of alkyl halides is 3. The van der Waals surface area contributed by atoms with Crippen molar-refractivity contribution in [2.24, 2.45) is 0 Å². The van der Waals surface area contributed by atoms with Crippen LogP contribution in [0.25, 0.3) is 0 Å². The molecule has 0 aromatic heterocycles. The Bertz CT molecular complexity index is 767. The minimum Gasteiger partial charge on any atom is -0.324 e. The van der Waals surface area contributed by atoms with Gasteiger partial charge in [-0.05, 0) is 37.9 Å². The second-order valence-corrected chi connectivity index (χ2v) is 6.71. The summed E-state index contributed by atoms with van der Waals surface area (Å²) >= 11 is 5.69. The van der Waals surface area contributed by atoms with E-state index in [1.54, 1.807) is 30.3 Å². The highest BCUT2D eigenvalue weighted by Gasteiger charge is 2.34. The molecule has 4 nitrogen and oxygen atoms in total. The highest BCUT2D eigenvalue weighted by molar-refractivity contribution is 6.30. The zero-order valence-corrected chi connectivity index (χ0v) is 15.7. The molecule has 0 unspecified atom stereocenters. The number of hydrogen-bond donors (Lipinski definition) is 2. The number of hydrogen-bond acceptors (Lipinski definition) is 3. The van der Waals surface area contributed by atoms with Crippen molar-refractivity contribution in [1.29, 1.82) is 0 Å². The van der Waals surface area contributed by atoms with Gasteiger partial charge in [-0.25, -0.2) is 0 Å². The van der Waals surface area contributed by atoms with Crippen molar-refractivity contribution < 1.29 is 18.0 Å². The summed E-state index contributed by atoms with van der Waals surface area (Å²) in [5.74, 6) is -0.576. The lowest BCUT2D eigenvalue weighted by Crippen LogP contribution is -2.37. The highest BCUT2D eigenvalue weighted by Crippen LogP contribution is 2.36. The summed E-state index contributed by atoms with van der Waals surface area (Å²) in [6, 6.07) is 11.3. The number of nitrogens with zero attached hydrogens (tertiary/aromatic N) is 1. The molecule has 2 aromatic rings. The maximum absolute atomic E-state index is 13.3. The van der Waals surface area contributed by atoms with E-state index in [1.807, 2.05) is 19.0 Å². The Balaban J connectivity index is 2.26. The van der Waals surface area contributed by atoms with Crippen molar-refractivity contribution in [3.8, 4) is 0 Å². The van der Waals surface area contributed by atoms with Crippen LogP contribution in [-0.4, -0.2) is 38.0 Å². The van der Waals surface area contributed by atoms with Gasteiger partial charge in [-0.1, -0.05) is 41.9 Å². The molecule has 1 atom stereocenters. The van der Waals surface area contributed by atoms with Gasteiger partial charge in [0.25, 0.3) is 0 Å². The van der Waals surface area contributed by atoms with Crippen molar-refractivity contribution in [3.05, 3.63) is 64.7 Å². The summed E-state index contributed by atoms with van der Waals surface area (Å²) in [4.78, 5) is 14.7. The van der Waals surface area contributed by atoms with E-state index >= 15 is 0 Å². The summed E-state index contributed by atoms with van der Waals surface area (Å²) in [6.45, 7) is 1.16. The molecule has 0 saturated heterocycles. The highest BCUT2D eigenvalue weighted by atomic mass is 35.5. The van der Waals surface area contributed by atoms with Crippen LogP contribution in [-0.2, 0) is 11.0 Å². The van der Waals surface area contributed by atoms with E-state index in [0.717, 1.165) is 12.1 Å². The standard InChI is InChI=1S/C19H21ClF3N3O/c1-26(2)11-10-24-17(13-6-4-3-5-7-13)18(27)25-16-9-8-14(20)12-15(16)19(21,22)23/h3-9,12,17,24H,10-11H2,1-2H3,(H,25,27)/t17-/m0/s1. The fraction of sp³-hybridized carbons (Fsp3) is 0.316. The minimum atomic E-state index is -4.63. The van der Waals surface area contributed by atoms with Gasteiger partial charge in [0.15, 0.2) is 0 Å². The van der Waals surface area contributed by atoms with Crippen LogP contribution in [0.3, 0.4) is 0 Å². The van der Waals surface area contributed by atoms with Crippen LogP contribution in [0.2, 0.25) is 5.02 Å². The van der Waals surface area contributed by atoms with Crippen molar-refractivity contribution in [1.82, 2.24) is 10.2 Å². The fourth-order valence-electron chi connectivity index (χ4n) is 2.50. The Morgan fingerprint density at radius 3 is 2.41 bits per heavy atom. The number of rotatable bonds is 7. The molecule has 0 aliphatic rings. The van der Waals surface area contributed by atoms with Crippen molar-refractivity contribution in [3.63, 3.8) is 0 Å². The zero-order chi connectivity index (χ0) is 20.0. The van der Waals surface area contributed by atoms with E-state index in [0.29, 0.717) is 18.7 Å². The average molecular weight is 400 g/mol. The first kappa shape index (κ1) is 21.2. The molecule has 0 radical (unpaired) electrons. The zero-order valence-electron chi connectivity index (χ0n) is 15.0. The van der Waals surface area contributed by atoms with E-state index < -0.39 is 23.7 Å². The van der Waals surface area contributed by atoms with Crippen LogP contribution < -0.4 is 10.6 Å². The molecule has 146 valence electrons. The molecule has 0 aliphatic heterocycles. The summed E-state index contributed by atoms with van der Waals surface area (Å²) in [7, 11) is 3.78. The lowest BCUT2D eigenvalue weighted by Gasteiger charge is -2.21. The molecule has 0 spiro atoms. The lowest BCUT2D eigenvalue weighted by atomic mass is 10.1. The van der Waals surface area contributed by atoms with Crippen LogP contribution in [0, 0.1) is 0 Å². The Kier molecular flexibility index (Phi) is 7.24. The summed E-state index contributed by atoms with van der Waals surface area (Å²) in [6.07, 6.45) is -4.63. The van der Waals surface area contributed by atoms with Gasteiger partial charge in [-0.3, -0.25) is 4.79 Å². The molecule has 2 N–H and O–H groups in total. The first-order valence-corrected chi connectivity index (χ1v) is 8.67. The average Bonchev–Trinajstić information content (AvgIpc) is 2.60. The van der Waals surface area contributed by atoms with Crippen LogP contribution >= 0.6 is 11.6 Å². The summed E-state index contributed by atoms with van der Waals surface area (Å²) in [5.41, 5.74) is -0.646. The van der Waals surface area contributed by atoms with Crippen LogP contribution in [0.1, 0.15) is 17.2 Å². The van der Waals surface area contributed by atoms with Gasteiger partial charge in [-0.2, -0.15) is 13.2 Å². The smallest absolute Gasteiger partial charge is 0.324 e. The number of carbonyl (C=O) groups is 1. The van der Waals surface area contributed by atoms with Crippen molar-refractivity contribution >= 4 is 23.2 Å². The Morgan fingerprint density at radius 2 is 1.81 bits per heavy atom. The van der Waals surface area contributed by atoms with Gasteiger partial charge in [0, 0.05) is 18.1 Å². The maximum atomic E-state index is 13.3. The van der Waals surface area contributed by atoms with Gasteiger partial charge in [0.1, 0.15) is 6.04 Å². The van der Waals surface area contributed by atoms with Crippen LogP contribution in [0.15, 0.2) is 48.5 Å². The molecule has 0 saturated carbocycles.